The van der Waals surface area contributed by atoms with Gasteiger partial charge < -0.3 is 20.3 Å². The number of carbonyl (C=O) groups is 2. The van der Waals surface area contributed by atoms with Crippen molar-refractivity contribution in [2.45, 2.75) is 31.8 Å². The highest BCUT2D eigenvalue weighted by atomic mass is 35.5. The van der Waals surface area contributed by atoms with Gasteiger partial charge in [0.15, 0.2) is 0 Å². The Kier molecular flexibility index (Phi) is 8.13. The number of nitrogens with one attached hydrogen (secondary N) is 2. The summed E-state index contributed by atoms with van der Waals surface area (Å²) in [6, 6.07) is 10.7. The molecule has 1 unspecified atom stereocenters. The second kappa shape index (κ2) is 10.9. The summed E-state index contributed by atoms with van der Waals surface area (Å²) in [7, 11) is 0. The maximum atomic E-state index is 13.8. The highest BCUT2D eigenvalue weighted by Crippen LogP contribution is 2.48. The maximum absolute atomic E-state index is 13.8. The average Bonchev–Trinajstić information content (AvgIpc) is 3.08. The van der Waals surface area contributed by atoms with Gasteiger partial charge in [0.1, 0.15) is 5.54 Å². The molecule has 2 N–H and O–H groups in total. The van der Waals surface area contributed by atoms with E-state index in [4.69, 9.17) is 39.5 Å². The van der Waals surface area contributed by atoms with Crippen molar-refractivity contribution in [3.05, 3.63) is 62.6 Å². The van der Waals surface area contributed by atoms with Crippen LogP contribution in [0.1, 0.15) is 25.0 Å². The quantitative estimate of drug-likeness (QED) is 0.531. The van der Waals surface area contributed by atoms with Crippen LogP contribution < -0.4 is 10.6 Å². The monoisotopic (exact) mass is 538 g/mol. The summed E-state index contributed by atoms with van der Waals surface area (Å²) < 4.78 is 5.33. The summed E-state index contributed by atoms with van der Waals surface area (Å²) in [6.45, 7) is 7.03. The summed E-state index contributed by atoms with van der Waals surface area (Å²) >= 11 is 19.3. The van der Waals surface area contributed by atoms with E-state index in [0.29, 0.717) is 72.1 Å². The number of carbonyl (C=O) groups excluding carboxylic acids is 2. The Morgan fingerprint density at radius 2 is 1.91 bits per heavy atom. The molecule has 1 saturated heterocycles. The van der Waals surface area contributed by atoms with E-state index in [1.165, 1.54) is 0 Å². The SMILES string of the molecule is CC(C)N(CCNC(=O)N1CCOCC1)C1(Cc2cccc(Cl)c2)C(=O)Nc2cc(Cl)cc(Cl)c21. The first-order chi connectivity index (χ1) is 16.7. The molecule has 2 aliphatic rings. The van der Waals surface area contributed by atoms with Gasteiger partial charge in [0.25, 0.3) is 0 Å². The van der Waals surface area contributed by atoms with Gasteiger partial charge in [0.05, 0.1) is 13.2 Å². The number of ether oxygens (including phenoxy) is 1. The molecule has 1 atom stereocenters. The molecule has 0 saturated carbocycles. The van der Waals surface area contributed by atoms with Crippen molar-refractivity contribution in [3.63, 3.8) is 0 Å². The van der Waals surface area contributed by atoms with Crippen LogP contribution >= 0.6 is 34.8 Å². The first-order valence-electron chi connectivity index (χ1n) is 11.6. The van der Waals surface area contributed by atoms with Gasteiger partial charge >= 0.3 is 6.03 Å². The zero-order valence-electron chi connectivity index (χ0n) is 19.7. The Bertz CT molecular complexity index is 1110. The fraction of sp³-hybridized carbons (Fsp3) is 0.440. The lowest BCUT2D eigenvalue weighted by atomic mass is 9.82. The van der Waals surface area contributed by atoms with E-state index < -0.39 is 5.54 Å². The van der Waals surface area contributed by atoms with E-state index in [1.54, 1.807) is 23.1 Å². The molecule has 10 heteroatoms. The van der Waals surface area contributed by atoms with Crippen molar-refractivity contribution in [1.82, 2.24) is 15.1 Å². The lowest BCUT2D eigenvalue weighted by Crippen LogP contribution is -2.57. The molecular formula is C25H29Cl3N4O3. The summed E-state index contributed by atoms with van der Waals surface area (Å²) in [4.78, 5) is 30.3. The van der Waals surface area contributed by atoms with Gasteiger partial charge in [-0.3, -0.25) is 9.69 Å². The minimum absolute atomic E-state index is 0.0436. The third-order valence-corrected chi connectivity index (χ3v) is 7.23. The van der Waals surface area contributed by atoms with Gasteiger partial charge in [-0.1, -0.05) is 46.9 Å². The lowest BCUT2D eigenvalue weighted by molar-refractivity contribution is -0.129. The number of anilines is 1. The molecular weight excluding hydrogens is 511 g/mol. The van der Waals surface area contributed by atoms with Crippen LogP contribution in [0.4, 0.5) is 10.5 Å². The number of nitrogens with zero attached hydrogens (tertiary/aromatic N) is 2. The molecule has 0 aromatic heterocycles. The van der Waals surface area contributed by atoms with Gasteiger partial charge in [-0.15, -0.1) is 0 Å². The molecule has 2 heterocycles. The Balaban J connectivity index is 1.68. The fourth-order valence-electron chi connectivity index (χ4n) is 4.97. The number of benzene rings is 2. The molecule has 0 radical (unpaired) electrons. The molecule has 0 spiro atoms. The predicted molar refractivity (Wildman–Crippen MR) is 140 cm³/mol. The summed E-state index contributed by atoms with van der Waals surface area (Å²) in [6.07, 6.45) is 0.351. The predicted octanol–water partition coefficient (Wildman–Crippen LogP) is 4.79. The van der Waals surface area contributed by atoms with Gasteiger partial charge in [0.2, 0.25) is 5.91 Å². The van der Waals surface area contributed by atoms with E-state index in [9.17, 15) is 9.59 Å². The third kappa shape index (κ3) is 5.39. The van der Waals surface area contributed by atoms with Gasteiger partial charge in [0, 0.05) is 65.0 Å². The highest BCUT2D eigenvalue weighted by molar-refractivity contribution is 6.36. The molecule has 0 aliphatic carbocycles. The second-order valence-electron chi connectivity index (χ2n) is 9.05. The normalized spacial score (nSPS) is 19.7. The molecule has 1 fully saturated rings. The minimum atomic E-state index is -1.11. The largest absolute Gasteiger partial charge is 0.378 e. The maximum Gasteiger partial charge on any atom is 0.317 e. The standard InChI is InChI=1S/C25H29Cl3N4O3/c1-16(2)32(7-6-29-24(34)31-8-10-35-11-9-31)25(15-17-4-3-5-18(26)12-17)22-20(28)13-19(27)14-21(22)30-23(25)33/h3-5,12-14,16H,6-11,15H2,1-2H3,(H,29,34)(H,30,33). The van der Waals surface area contributed by atoms with Crippen LogP contribution in [0.2, 0.25) is 15.1 Å². The Morgan fingerprint density at radius 3 is 2.60 bits per heavy atom. The van der Waals surface area contributed by atoms with Gasteiger partial charge in [-0.05, 0) is 43.7 Å². The minimum Gasteiger partial charge on any atom is -0.378 e. The summed E-state index contributed by atoms with van der Waals surface area (Å²) in [5.74, 6) is -0.190. The molecule has 4 rings (SSSR count). The van der Waals surface area contributed by atoms with Crippen molar-refractivity contribution in [1.29, 1.82) is 0 Å². The number of morpholine rings is 1. The van der Waals surface area contributed by atoms with Crippen LogP contribution in [0, 0.1) is 0 Å². The van der Waals surface area contributed by atoms with Crippen LogP contribution in [-0.2, 0) is 21.5 Å². The van der Waals surface area contributed by atoms with E-state index in [2.05, 4.69) is 15.5 Å². The Hall–Kier alpha value is -2.03. The first kappa shape index (κ1) is 26.0. The Morgan fingerprint density at radius 1 is 1.17 bits per heavy atom. The van der Waals surface area contributed by atoms with Gasteiger partial charge in [-0.2, -0.15) is 0 Å². The summed E-state index contributed by atoms with van der Waals surface area (Å²) in [5.41, 5.74) is 1.06. The van der Waals surface area contributed by atoms with E-state index >= 15 is 0 Å². The molecule has 2 aliphatic heterocycles. The van der Waals surface area contributed by atoms with Crippen LogP contribution in [0.5, 0.6) is 0 Å². The van der Waals surface area contributed by atoms with Crippen molar-refractivity contribution < 1.29 is 14.3 Å². The number of amides is 3. The fourth-order valence-corrected chi connectivity index (χ4v) is 5.83. The second-order valence-corrected chi connectivity index (χ2v) is 10.3. The molecule has 35 heavy (non-hydrogen) atoms. The number of urea groups is 1. The number of fused-ring (bicyclic) bond motifs is 1. The van der Waals surface area contributed by atoms with E-state index in [-0.39, 0.29) is 18.0 Å². The lowest BCUT2D eigenvalue weighted by Gasteiger charge is -2.43. The molecule has 2 aromatic carbocycles. The van der Waals surface area contributed by atoms with Crippen molar-refractivity contribution >= 4 is 52.4 Å². The molecule has 3 amide bonds. The highest BCUT2D eigenvalue weighted by Gasteiger charge is 2.53. The number of rotatable bonds is 7. The van der Waals surface area contributed by atoms with Gasteiger partial charge in [-0.25, -0.2) is 4.79 Å². The molecule has 0 bridgehead atoms. The van der Waals surface area contributed by atoms with E-state index in [1.807, 2.05) is 32.0 Å². The number of hydrogen-bond donors (Lipinski definition) is 2. The number of halogens is 3. The Labute approximate surface area is 220 Å². The molecule has 2 aromatic rings. The average molecular weight is 540 g/mol. The van der Waals surface area contributed by atoms with Crippen LogP contribution in [0.25, 0.3) is 0 Å². The zero-order valence-corrected chi connectivity index (χ0v) is 22.0. The molecule has 188 valence electrons. The van der Waals surface area contributed by atoms with Crippen LogP contribution in [0.3, 0.4) is 0 Å². The molecule has 7 nitrogen and oxygen atoms in total. The third-order valence-electron chi connectivity index (χ3n) is 6.48. The van der Waals surface area contributed by atoms with Crippen molar-refractivity contribution in [2.24, 2.45) is 0 Å². The summed E-state index contributed by atoms with van der Waals surface area (Å²) in [5, 5.41) is 7.44. The number of hydrogen-bond acceptors (Lipinski definition) is 4. The topological polar surface area (TPSA) is 73.9 Å². The smallest absolute Gasteiger partial charge is 0.317 e. The van der Waals surface area contributed by atoms with E-state index in [0.717, 1.165) is 5.56 Å². The van der Waals surface area contributed by atoms with Crippen LogP contribution in [0.15, 0.2) is 36.4 Å². The van der Waals surface area contributed by atoms with Crippen molar-refractivity contribution in [2.75, 3.05) is 44.7 Å². The zero-order chi connectivity index (χ0) is 25.2. The first-order valence-corrected chi connectivity index (χ1v) is 12.8. The van der Waals surface area contributed by atoms with Crippen molar-refractivity contribution in [3.8, 4) is 0 Å². The van der Waals surface area contributed by atoms with Crippen LogP contribution in [-0.4, -0.2) is 67.2 Å².